The number of carbonyl (C=O) groups is 2. The molecule has 1 aliphatic carbocycles. The number of hydrogen-bond donors (Lipinski definition) is 3. The predicted octanol–water partition coefficient (Wildman–Crippen LogP) is 4.01. The number of aliphatic hydroxyl groups is 1. The number of alkyl halides is 1. The second kappa shape index (κ2) is 6.85. The van der Waals surface area contributed by atoms with Crippen LogP contribution in [0.15, 0.2) is 54.6 Å². The number of halogens is 1. The molecule has 1 saturated carbocycles. The van der Waals surface area contributed by atoms with Crippen LogP contribution in [0, 0.1) is 0 Å². The van der Waals surface area contributed by atoms with Gasteiger partial charge in [0.15, 0.2) is 5.78 Å². The first-order chi connectivity index (χ1) is 12.2. The number of carbonyl (C=O) groups excluding carboxylic acids is 1. The van der Waals surface area contributed by atoms with Crippen molar-refractivity contribution in [2.24, 2.45) is 0 Å². The standard InChI is InChI=1S/C20H20BrNO4/c1-19(26)11-20(12-19,22-18(24)25)15-9-7-14(8-10-15)17(23)16(21)13-5-3-2-4-6-13/h2-10,16,22,26H,11-12H2,1H3,(H,24,25). The highest BCUT2D eigenvalue weighted by Crippen LogP contribution is 2.48. The summed E-state index contributed by atoms with van der Waals surface area (Å²) in [6, 6.07) is 16.3. The Bertz CT molecular complexity index is 809. The maximum atomic E-state index is 12.7. The van der Waals surface area contributed by atoms with Gasteiger partial charge in [0.1, 0.15) is 4.83 Å². The summed E-state index contributed by atoms with van der Waals surface area (Å²) in [7, 11) is 0. The van der Waals surface area contributed by atoms with E-state index in [-0.39, 0.29) is 5.78 Å². The molecule has 1 amide bonds. The summed E-state index contributed by atoms with van der Waals surface area (Å²) < 4.78 is 0. The summed E-state index contributed by atoms with van der Waals surface area (Å²) in [6.45, 7) is 1.68. The fourth-order valence-electron chi connectivity index (χ4n) is 3.69. The minimum atomic E-state index is -1.13. The summed E-state index contributed by atoms with van der Waals surface area (Å²) in [5, 5.41) is 21.7. The Morgan fingerprint density at radius 3 is 2.15 bits per heavy atom. The Morgan fingerprint density at radius 2 is 1.65 bits per heavy atom. The minimum Gasteiger partial charge on any atom is -0.465 e. The molecule has 3 N–H and O–H groups in total. The van der Waals surface area contributed by atoms with E-state index < -0.39 is 22.1 Å². The Kier molecular flexibility index (Phi) is 4.90. The van der Waals surface area contributed by atoms with E-state index in [2.05, 4.69) is 21.2 Å². The number of carboxylic acid groups (broad SMARTS) is 1. The van der Waals surface area contributed by atoms with Gasteiger partial charge in [0.25, 0.3) is 0 Å². The molecule has 0 bridgehead atoms. The molecule has 0 radical (unpaired) electrons. The van der Waals surface area contributed by atoms with Crippen LogP contribution in [-0.4, -0.2) is 27.7 Å². The number of ketones is 1. The molecule has 136 valence electrons. The molecule has 0 aliphatic heterocycles. The van der Waals surface area contributed by atoms with Crippen LogP contribution >= 0.6 is 15.9 Å². The van der Waals surface area contributed by atoms with E-state index >= 15 is 0 Å². The van der Waals surface area contributed by atoms with Crippen LogP contribution in [-0.2, 0) is 5.54 Å². The number of nitrogens with one attached hydrogen (secondary N) is 1. The van der Waals surface area contributed by atoms with Crippen LogP contribution in [0.3, 0.4) is 0 Å². The van der Waals surface area contributed by atoms with E-state index in [0.717, 1.165) is 11.1 Å². The number of hydrogen-bond acceptors (Lipinski definition) is 3. The Balaban J connectivity index is 1.81. The fraction of sp³-hybridized carbons (Fsp3) is 0.300. The van der Waals surface area contributed by atoms with Crippen molar-refractivity contribution in [2.75, 3.05) is 0 Å². The third-order valence-corrected chi connectivity index (χ3v) is 5.70. The number of amides is 1. The molecule has 0 aromatic heterocycles. The molecule has 0 spiro atoms. The average molecular weight is 418 g/mol. The largest absolute Gasteiger partial charge is 0.465 e. The topological polar surface area (TPSA) is 86.6 Å². The van der Waals surface area contributed by atoms with E-state index in [1.807, 2.05) is 30.3 Å². The molecule has 1 fully saturated rings. The minimum absolute atomic E-state index is 0.0661. The Hall–Kier alpha value is -2.18. The van der Waals surface area contributed by atoms with Gasteiger partial charge in [-0.3, -0.25) is 4.79 Å². The first-order valence-electron chi connectivity index (χ1n) is 8.30. The summed E-state index contributed by atoms with van der Waals surface area (Å²) in [6.07, 6.45) is -0.541. The number of Topliss-reactive ketones (excluding diaryl/α,β-unsaturated/α-hetero) is 1. The molecule has 0 saturated heterocycles. The maximum Gasteiger partial charge on any atom is 0.405 e. The lowest BCUT2D eigenvalue weighted by Crippen LogP contribution is -2.61. The number of rotatable bonds is 5. The van der Waals surface area contributed by atoms with Gasteiger partial charge in [-0.1, -0.05) is 70.5 Å². The monoisotopic (exact) mass is 417 g/mol. The van der Waals surface area contributed by atoms with Crippen molar-refractivity contribution in [1.82, 2.24) is 5.32 Å². The normalized spacial score (nSPS) is 25.8. The van der Waals surface area contributed by atoms with Gasteiger partial charge in [0.05, 0.1) is 11.1 Å². The van der Waals surface area contributed by atoms with Crippen LogP contribution in [0.4, 0.5) is 4.79 Å². The molecule has 6 heteroatoms. The van der Waals surface area contributed by atoms with Gasteiger partial charge >= 0.3 is 6.09 Å². The lowest BCUT2D eigenvalue weighted by molar-refractivity contribution is -0.0858. The van der Waals surface area contributed by atoms with Gasteiger partial charge in [0, 0.05) is 18.4 Å². The van der Waals surface area contributed by atoms with Crippen molar-refractivity contribution >= 4 is 27.8 Å². The van der Waals surface area contributed by atoms with E-state index in [0.29, 0.717) is 18.4 Å². The predicted molar refractivity (Wildman–Crippen MR) is 102 cm³/mol. The summed E-state index contributed by atoms with van der Waals surface area (Å²) in [4.78, 5) is 23.4. The molecule has 0 heterocycles. The van der Waals surface area contributed by atoms with Gasteiger partial charge in [-0.2, -0.15) is 0 Å². The van der Waals surface area contributed by atoms with E-state index in [1.54, 1.807) is 31.2 Å². The van der Waals surface area contributed by atoms with Gasteiger partial charge in [-0.25, -0.2) is 4.79 Å². The highest BCUT2D eigenvalue weighted by Gasteiger charge is 2.53. The van der Waals surface area contributed by atoms with Crippen LogP contribution in [0.25, 0.3) is 0 Å². The SMILES string of the molecule is CC1(O)CC(NC(=O)O)(c2ccc(C(=O)C(Br)c3ccccc3)cc2)C1. The Labute approximate surface area is 160 Å². The number of benzene rings is 2. The van der Waals surface area contributed by atoms with Crippen molar-refractivity contribution in [3.05, 3.63) is 71.3 Å². The second-order valence-electron chi connectivity index (χ2n) is 7.08. The molecule has 1 aliphatic rings. The van der Waals surface area contributed by atoms with Gasteiger partial charge in [0.2, 0.25) is 0 Å². The lowest BCUT2D eigenvalue weighted by atomic mass is 9.62. The van der Waals surface area contributed by atoms with E-state index in [9.17, 15) is 14.7 Å². The average Bonchev–Trinajstić information content (AvgIpc) is 2.59. The second-order valence-corrected chi connectivity index (χ2v) is 7.99. The quantitative estimate of drug-likeness (QED) is 0.506. The molecule has 1 unspecified atom stereocenters. The Morgan fingerprint density at radius 1 is 1.08 bits per heavy atom. The summed E-state index contributed by atoms with van der Waals surface area (Å²) in [5.74, 6) is -0.0661. The van der Waals surface area contributed by atoms with Crippen LogP contribution in [0.2, 0.25) is 0 Å². The zero-order valence-corrected chi connectivity index (χ0v) is 15.9. The van der Waals surface area contributed by atoms with E-state index in [4.69, 9.17) is 5.11 Å². The fourth-order valence-corrected chi connectivity index (χ4v) is 4.26. The van der Waals surface area contributed by atoms with Crippen LogP contribution < -0.4 is 5.32 Å². The van der Waals surface area contributed by atoms with Crippen molar-refractivity contribution < 1.29 is 19.8 Å². The zero-order valence-electron chi connectivity index (χ0n) is 14.3. The molecule has 5 nitrogen and oxygen atoms in total. The van der Waals surface area contributed by atoms with Gasteiger partial charge < -0.3 is 15.5 Å². The molecular weight excluding hydrogens is 398 g/mol. The van der Waals surface area contributed by atoms with E-state index in [1.165, 1.54) is 0 Å². The van der Waals surface area contributed by atoms with Gasteiger partial charge in [-0.05, 0) is 18.1 Å². The van der Waals surface area contributed by atoms with Crippen molar-refractivity contribution in [3.63, 3.8) is 0 Å². The third kappa shape index (κ3) is 3.66. The molecule has 2 aromatic rings. The highest BCUT2D eigenvalue weighted by atomic mass is 79.9. The van der Waals surface area contributed by atoms with Crippen LogP contribution in [0.1, 0.15) is 46.1 Å². The first kappa shape index (κ1) is 18.6. The van der Waals surface area contributed by atoms with Gasteiger partial charge in [-0.15, -0.1) is 0 Å². The zero-order chi connectivity index (χ0) is 18.9. The molecule has 2 aromatic carbocycles. The molecular formula is C20H20BrNO4. The third-order valence-electron chi connectivity index (χ3n) is 4.76. The van der Waals surface area contributed by atoms with Crippen molar-refractivity contribution in [3.8, 4) is 0 Å². The lowest BCUT2D eigenvalue weighted by Gasteiger charge is -2.51. The highest BCUT2D eigenvalue weighted by molar-refractivity contribution is 9.09. The van der Waals surface area contributed by atoms with Crippen LogP contribution in [0.5, 0.6) is 0 Å². The maximum absolute atomic E-state index is 12.7. The van der Waals surface area contributed by atoms with Crippen molar-refractivity contribution in [2.45, 2.75) is 35.7 Å². The molecule has 26 heavy (non-hydrogen) atoms. The summed E-state index contributed by atoms with van der Waals surface area (Å²) in [5.41, 5.74) is 0.445. The molecule has 3 rings (SSSR count). The molecule has 1 atom stereocenters. The smallest absolute Gasteiger partial charge is 0.405 e. The first-order valence-corrected chi connectivity index (χ1v) is 9.21. The van der Waals surface area contributed by atoms with Crippen molar-refractivity contribution in [1.29, 1.82) is 0 Å². The summed E-state index contributed by atoms with van der Waals surface area (Å²) >= 11 is 3.45.